The van der Waals surface area contributed by atoms with Crippen LogP contribution in [0.3, 0.4) is 0 Å². The van der Waals surface area contributed by atoms with Gasteiger partial charge in [0.25, 0.3) is 0 Å². The lowest BCUT2D eigenvalue weighted by molar-refractivity contribution is 0.103. The smallest absolute Gasteiger partial charge is 0.191 e. The standard InChI is InChI=1S/C19H13Br2NOS/c20-14-5-1-12(2-6-14)17-11-24-19-16(9-10-22(17)19)18(23)13-3-7-15(21)8-4-13/h1-8,11H,9-10H2. The van der Waals surface area contributed by atoms with Gasteiger partial charge in [0.15, 0.2) is 5.78 Å². The van der Waals surface area contributed by atoms with E-state index in [1.807, 2.05) is 36.4 Å². The summed E-state index contributed by atoms with van der Waals surface area (Å²) in [6.07, 6.45) is 0.797. The van der Waals surface area contributed by atoms with Gasteiger partial charge in [0.1, 0.15) is 0 Å². The van der Waals surface area contributed by atoms with Gasteiger partial charge in [-0.3, -0.25) is 4.79 Å². The first kappa shape index (κ1) is 16.2. The van der Waals surface area contributed by atoms with Gasteiger partial charge in [-0.25, -0.2) is 0 Å². The fourth-order valence-corrected chi connectivity index (χ4v) is 4.63. The Bertz CT molecular complexity index is 869. The molecule has 120 valence electrons. The van der Waals surface area contributed by atoms with Crippen molar-refractivity contribution in [1.29, 1.82) is 0 Å². The molecular formula is C19H13Br2NOS. The highest BCUT2D eigenvalue weighted by molar-refractivity contribution is 9.10. The second-order valence-electron chi connectivity index (χ2n) is 5.65. The summed E-state index contributed by atoms with van der Waals surface area (Å²) >= 11 is 8.55. The predicted molar refractivity (Wildman–Crippen MR) is 107 cm³/mol. The fourth-order valence-electron chi connectivity index (χ4n) is 2.97. The quantitative estimate of drug-likeness (QED) is 0.517. The van der Waals surface area contributed by atoms with Gasteiger partial charge < -0.3 is 4.90 Å². The maximum absolute atomic E-state index is 12.8. The van der Waals surface area contributed by atoms with Crippen molar-refractivity contribution < 1.29 is 4.79 Å². The predicted octanol–water partition coefficient (Wildman–Crippen LogP) is 6.06. The highest BCUT2D eigenvalue weighted by Gasteiger charge is 2.33. The van der Waals surface area contributed by atoms with Crippen molar-refractivity contribution in [3.8, 4) is 0 Å². The molecule has 0 radical (unpaired) electrons. The van der Waals surface area contributed by atoms with E-state index < -0.39 is 0 Å². The molecule has 0 saturated carbocycles. The van der Waals surface area contributed by atoms with Crippen molar-refractivity contribution in [3.63, 3.8) is 0 Å². The number of benzene rings is 2. The molecule has 0 aliphatic carbocycles. The third kappa shape index (κ3) is 2.89. The number of carbonyl (C=O) groups is 1. The van der Waals surface area contributed by atoms with Crippen LogP contribution in [0.5, 0.6) is 0 Å². The number of rotatable bonds is 3. The van der Waals surface area contributed by atoms with Crippen LogP contribution in [0.25, 0.3) is 5.70 Å². The molecule has 0 saturated heterocycles. The number of nitrogens with zero attached hydrogens (tertiary/aromatic N) is 1. The zero-order valence-corrected chi connectivity index (χ0v) is 16.6. The van der Waals surface area contributed by atoms with Crippen molar-refractivity contribution in [2.45, 2.75) is 6.42 Å². The Kier molecular flexibility index (Phi) is 4.41. The number of hydrogen-bond donors (Lipinski definition) is 0. The average molecular weight is 463 g/mol. The van der Waals surface area contributed by atoms with E-state index >= 15 is 0 Å². The number of fused-ring (bicyclic) bond motifs is 1. The molecule has 0 bridgehead atoms. The molecule has 24 heavy (non-hydrogen) atoms. The minimum atomic E-state index is 0.137. The fraction of sp³-hybridized carbons (Fsp3) is 0.105. The van der Waals surface area contributed by atoms with Gasteiger partial charge in [-0.15, -0.1) is 0 Å². The topological polar surface area (TPSA) is 20.3 Å². The Balaban J connectivity index is 1.63. The number of thioether (sulfide) groups is 1. The summed E-state index contributed by atoms with van der Waals surface area (Å²) in [4.78, 5) is 15.1. The Hall–Kier alpha value is -1.30. The Morgan fingerprint density at radius 2 is 1.58 bits per heavy atom. The first-order valence-electron chi connectivity index (χ1n) is 7.57. The van der Waals surface area contributed by atoms with Gasteiger partial charge in [0.2, 0.25) is 0 Å². The van der Waals surface area contributed by atoms with E-state index in [2.05, 4.69) is 54.3 Å². The Labute approximate surface area is 161 Å². The molecule has 0 amide bonds. The molecule has 2 aliphatic heterocycles. The van der Waals surface area contributed by atoms with Gasteiger partial charge in [0, 0.05) is 32.0 Å². The first-order chi connectivity index (χ1) is 11.6. The lowest BCUT2D eigenvalue weighted by Crippen LogP contribution is -2.12. The minimum absolute atomic E-state index is 0.137. The molecule has 0 aromatic heterocycles. The molecule has 4 rings (SSSR count). The van der Waals surface area contributed by atoms with Gasteiger partial charge in [-0.1, -0.05) is 55.8 Å². The average Bonchev–Trinajstić information content (AvgIpc) is 3.18. The lowest BCUT2D eigenvalue weighted by Gasteiger charge is -2.18. The van der Waals surface area contributed by atoms with E-state index in [-0.39, 0.29) is 5.78 Å². The second kappa shape index (κ2) is 6.54. The van der Waals surface area contributed by atoms with Gasteiger partial charge >= 0.3 is 0 Å². The van der Waals surface area contributed by atoms with Crippen molar-refractivity contribution >= 4 is 55.1 Å². The Morgan fingerprint density at radius 1 is 0.958 bits per heavy atom. The highest BCUT2D eigenvalue weighted by Crippen LogP contribution is 2.46. The van der Waals surface area contributed by atoms with Crippen LogP contribution < -0.4 is 0 Å². The van der Waals surface area contributed by atoms with Crippen LogP contribution in [0.4, 0.5) is 0 Å². The molecule has 0 N–H and O–H groups in total. The number of ketones is 1. The minimum Gasteiger partial charge on any atom is -0.334 e. The van der Waals surface area contributed by atoms with Crippen LogP contribution in [-0.4, -0.2) is 17.2 Å². The monoisotopic (exact) mass is 461 g/mol. The number of carbonyl (C=O) groups excluding carboxylic acids is 1. The van der Waals surface area contributed by atoms with Crippen LogP contribution >= 0.6 is 43.6 Å². The number of Topliss-reactive ketones (excluding diaryl/α,β-unsaturated/α-hetero) is 1. The van der Waals surface area contributed by atoms with E-state index in [0.717, 1.165) is 38.1 Å². The summed E-state index contributed by atoms with van der Waals surface area (Å²) in [6, 6.07) is 15.9. The molecule has 2 heterocycles. The van der Waals surface area contributed by atoms with Crippen molar-refractivity contribution in [3.05, 3.63) is 84.6 Å². The van der Waals surface area contributed by atoms with E-state index in [4.69, 9.17) is 0 Å². The van der Waals surface area contributed by atoms with Crippen LogP contribution in [0.1, 0.15) is 22.3 Å². The summed E-state index contributed by atoms with van der Waals surface area (Å²) in [6.45, 7) is 0.863. The van der Waals surface area contributed by atoms with E-state index in [1.54, 1.807) is 11.8 Å². The first-order valence-corrected chi connectivity index (χ1v) is 10.0. The molecule has 0 unspecified atom stereocenters. The van der Waals surface area contributed by atoms with Gasteiger partial charge in [-0.2, -0.15) is 0 Å². The summed E-state index contributed by atoms with van der Waals surface area (Å²) in [7, 11) is 0. The second-order valence-corrected chi connectivity index (χ2v) is 8.34. The van der Waals surface area contributed by atoms with Gasteiger partial charge in [-0.05, 0) is 48.4 Å². The van der Waals surface area contributed by atoms with Crippen LogP contribution in [0.15, 0.2) is 73.5 Å². The third-order valence-corrected chi connectivity index (χ3v) is 6.27. The molecule has 0 spiro atoms. The maximum atomic E-state index is 12.8. The molecule has 2 aromatic carbocycles. The van der Waals surface area contributed by atoms with E-state index in [0.29, 0.717) is 0 Å². The van der Waals surface area contributed by atoms with E-state index in [9.17, 15) is 4.79 Å². The van der Waals surface area contributed by atoms with Gasteiger partial charge in [0.05, 0.1) is 10.7 Å². The third-order valence-electron chi connectivity index (χ3n) is 4.18. The Morgan fingerprint density at radius 3 is 2.25 bits per heavy atom. The van der Waals surface area contributed by atoms with Crippen LogP contribution in [0.2, 0.25) is 0 Å². The zero-order chi connectivity index (χ0) is 16.7. The molecule has 0 fully saturated rings. The van der Waals surface area contributed by atoms with E-state index in [1.165, 1.54) is 11.3 Å². The molecule has 2 nitrogen and oxygen atoms in total. The summed E-state index contributed by atoms with van der Waals surface area (Å²) in [5.41, 5.74) is 4.03. The molecule has 2 aromatic rings. The van der Waals surface area contributed by atoms with Crippen LogP contribution in [0, 0.1) is 0 Å². The maximum Gasteiger partial charge on any atom is 0.191 e. The SMILES string of the molecule is O=C(C1=C2SC=C(c3ccc(Br)cc3)N2CC1)c1ccc(Br)cc1. The highest BCUT2D eigenvalue weighted by atomic mass is 79.9. The number of hydrogen-bond acceptors (Lipinski definition) is 3. The van der Waals surface area contributed by atoms with Crippen LogP contribution in [-0.2, 0) is 0 Å². The number of halogens is 2. The molecular weight excluding hydrogens is 450 g/mol. The van der Waals surface area contributed by atoms with Crippen molar-refractivity contribution in [1.82, 2.24) is 4.90 Å². The van der Waals surface area contributed by atoms with Crippen molar-refractivity contribution in [2.24, 2.45) is 0 Å². The summed E-state index contributed by atoms with van der Waals surface area (Å²) in [5.74, 6) is 0.137. The molecule has 2 aliphatic rings. The summed E-state index contributed by atoms with van der Waals surface area (Å²) in [5, 5.41) is 3.23. The summed E-state index contributed by atoms with van der Waals surface area (Å²) < 4.78 is 2.06. The zero-order valence-electron chi connectivity index (χ0n) is 12.6. The largest absolute Gasteiger partial charge is 0.334 e. The molecule has 0 atom stereocenters. The van der Waals surface area contributed by atoms with Crippen molar-refractivity contribution in [2.75, 3.05) is 6.54 Å². The lowest BCUT2D eigenvalue weighted by atomic mass is 10.0. The molecule has 5 heteroatoms. The normalized spacial score (nSPS) is 16.4.